The van der Waals surface area contributed by atoms with Crippen molar-refractivity contribution in [3.63, 3.8) is 0 Å². The van der Waals surface area contributed by atoms with Crippen molar-refractivity contribution in [2.75, 3.05) is 5.32 Å². The molecule has 0 aliphatic rings. The number of aromatic nitrogens is 1. The molecule has 0 aliphatic heterocycles. The molecule has 1 heterocycles. The van der Waals surface area contributed by atoms with Gasteiger partial charge in [0.15, 0.2) is 0 Å². The zero-order valence-electron chi connectivity index (χ0n) is 14.6. The summed E-state index contributed by atoms with van der Waals surface area (Å²) in [6.07, 6.45) is 1.71. The number of pyridine rings is 1. The average Bonchev–Trinajstić information content (AvgIpc) is 2.62. The molecule has 0 spiro atoms. The second kappa shape index (κ2) is 7.78. The van der Waals surface area contributed by atoms with Crippen LogP contribution in [0.5, 0.6) is 11.6 Å². The molecule has 5 heteroatoms. The molecule has 0 unspecified atom stereocenters. The molecule has 3 rings (SSSR count). The molecule has 26 heavy (non-hydrogen) atoms. The van der Waals surface area contributed by atoms with Crippen molar-refractivity contribution in [1.82, 2.24) is 4.98 Å². The van der Waals surface area contributed by atoms with Crippen LogP contribution in [0.3, 0.4) is 0 Å². The van der Waals surface area contributed by atoms with Crippen LogP contribution in [0.15, 0.2) is 60.8 Å². The van der Waals surface area contributed by atoms with Crippen molar-refractivity contribution in [2.24, 2.45) is 0 Å². The Kier molecular flexibility index (Phi) is 5.27. The first-order chi connectivity index (χ1) is 12.5. The van der Waals surface area contributed by atoms with Gasteiger partial charge >= 0.3 is 0 Å². The SMILES string of the molecule is Cc1cccc(C)c1Oc1ccc(NC(=O)Cc2ccc(F)cc2)cn1. The summed E-state index contributed by atoms with van der Waals surface area (Å²) in [6, 6.07) is 15.2. The van der Waals surface area contributed by atoms with Crippen LogP contribution in [0, 0.1) is 19.7 Å². The van der Waals surface area contributed by atoms with Gasteiger partial charge in [-0.2, -0.15) is 0 Å². The Balaban J connectivity index is 1.62. The van der Waals surface area contributed by atoms with Gasteiger partial charge in [0.25, 0.3) is 0 Å². The molecule has 0 bridgehead atoms. The van der Waals surface area contributed by atoms with E-state index >= 15 is 0 Å². The Morgan fingerprint density at radius 3 is 2.35 bits per heavy atom. The van der Waals surface area contributed by atoms with Crippen molar-refractivity contribution in [3.05, 3.63) is 83.3 Å². The zero-order valence-corrected chi connectivity index (χ0v) is 14.6. The molecule has 4 nitrogen and oxygen atoms in total. The summed E-state index contributed by atoms with van der Waals surface area (Å²) in [5.74, 6) is 0.728. The van der Waals surface area contributed by atoms with E-state index in [-0.39, 0.29) is 18.1 Å². The Labute approximate surface area is 151 Å². The summed E-state index contributed by atoms with van der Waals surface area (Å²) < 4.78 is 18.7. The second-order valence-electron chi connectivity index (χ2n) is 6.06. The maximum absolute atomic E-state index is 12.9. The van der Waals surface area contributed by atoms with Crippen LogP contribution in [-0.2, 0) is 11.2 Å². The number of carbonyl (C=O) groups excluding carboxylic acids is 1. The molecule has 0 saturated carbocycles. The van der Waals surface area contributed by atoms with Gasteiger partial charge in [-0.25, -0.2) is 9.37 Å². The van der Waals surface area contributed by atoms with Crippen LogP contribution in [0.4, 0.5) is 10.1 Å². The topological polar surface area (TPSA) is 51.2 Å². The van der Waals surface area contributed by atoms with E-state index in [2.05, 4.69) is 10.3 Å². The number of carbonyl (C=O) groups is 1. The van der Waals surface area contributed by atoms with E-state index in [0.717, 1.165) is 22.4 Å². The second-order valence-corrected chi connectivity index (χ2v) is 6.06. The highest BCUT2D eigenvalue weighted by Gasteiger charge is 2.08. The lowest BCUT2D eigenvalue weighted by Gasteiger charge is -2.11. The molecule has 0 saturated heterocycles. The molecule has 0 fully saturated rings. The number of benzene rings is 2. The van der Waals surface area contributed by atoms with Gasteiger partial charge in [0.05, 0.1) is 18.3 Å². The minimum atomic E-state index is -0.321. The van der Waals surface area contributed by atoms with Crippen LogP contribution in [0.1, 0.15) is 16.7 Å². The number of para-hydroxylation sites is 1. The Morgan fingerprint density at radius 2 is 1.73 bits per heavy atom. The molecular weight excluding hydrogens is 331 g/mol. The van der Waals surface area contributed by atoms with E-state index in [9.17, 15) is 9.18 Å². The van der Waals surface area contributed by atoms with Crippen LogP contribution in [-0.4, -0.2) is 10.9 Å². The summed E-state index contributed by atoms with van der Waals surface area (Å²) in [6.45, 7) is 3.96. The molecule has 3 aromatic rings. The highest BCUT2D eigenvalue weighted by atomic mass is 19.1. The van der Waals surface area contributed by atoms with Crippen molar-refractivity contribution in [3.8, 4) is 11.6 Å². The summed E-state index contributed by atoms with van der Waals surface area (Å²) in [5, 5.41) is 2.77. The summed E-state index contributed by atoms with van der Waals surface area (Å²) >= 11 is 0. The maximum Gasteiger partial charge on any atom is 0.228 e. The van der Waals surface area contributed by atoms with E-state index in [4.69, 9.17) is 4.74 Å². The molecule has 0 radical (unpaired) electrons. The number of halogens is 1. The maximum atomic E-state index is 12.9. The number of nitrogens with zero attached hydrogens (tertiary/aromatic N) is 1. The number of anilines is 1. The van der Waals surface area contributed by atoms with Crippen molar-refractivity contribution >= 4 is 11.6 Å². The van der Waals surface area contributed by atoms with Crippen molar-refractivity contribution < 1.29 is 13.9 Å². The van der Waals surface area contributed by atoms with E-state index < -0.39 is 0 Å². The third-order valence-electron chi connectivity index (χ3n) is 3.91. The summed E-state index contributed by atoms with van der Waals surface area (Å²) in [7, 11) is 0. The summed E-state index contributed by atoms with van der Waals surface area (Å²) in [4.78, 5) is 16.3. The molecule has 1 amide bonds. The van der Waals surface area contributed by atoms with Crippen LogP contribution in [0.25, 0.3) is 0 Å². The van der Waals surface area contributed by atoms with Gasteiger partial charge in [-0.3, -0.25) is 4.79 Å². The fraction of sp³-hybridized carbons (Fsp3) is 0.143. The minimum absolute atomic E-state index is 0.168. The van der Waals surface area contributed by atoms with E-state index in [1.807, 2.05) is 32.0 Å². The third-order valence-corrected chi connectivity index (χ3v) is 3.91. The lowest BCUT2D eigenvalue weighted by atomic mass is 10.1. The van der Waals surface area contributed by atoms with Crippen LogP contribution < -0.4 is 10.1 Å². The first-order valence-electron chi connectivity index (χ1n) is 8.26. The molecular formula is C21H19FN2O2. The average molecular weight is 350 g/mol. The van der Waals surface area contributed by atoms with Crippen LogP contribution >= 0.6 is 0 Å². The molecule has 132 valence electrons. The Bertz CT molecular complexity index is 886. The van der Waals surface area contributed by atoms with Gasteiger partial charge < -0.3 is 10.1 Å². The molecule has 0 aliphatic carbocycles. The fourth-order valence-corrected chi connectivity index (χ4v) is 2.57. The van der Waals surface area contributed by atoms with Gasteiger partial charge in [0.1, 0.15) is 11.6 Å². The number of ether oxygens (including phenoxy) is 1. The number of amides is 1. The van der Waals surface area contributed by atoms with Gasteiger partial charge in [0.2, 0.25) is 11.8 Å². The summed E-state index contributed by atoms with van der Waals surface area (Å²) in [5.41, 5.74) is 3.38. The largest absolute Gasteiger partial charge is 0.438 e. The third kappa shape index (κ3) is 4.45. The standard InChI is InChI=1S/C21H19FN2O2/c1-14-4-3-5-15(2)21(14)26-20-11-10-18(13-23-20)24-19(25)12-16-6-8-17(22)9-7-16/h3-11,13H,12H2,1-2H3,(H,24,25). The zero-order chi connectivity index (χ0) is 18.5. The lowest BCUT2D eigenvalue weighted by Crippen LogP contribution is -2.14. The highest BCUT2D eigenvalue weighted by Crippen LogP contribution is 2.27. The number of hydrogen-bond donors (Lipinski definition) is 1. The number of rotatable bonds is 5. The van der Waals surface area contributed by atoms with Gasteiger partial charge in [-0.15, -0.1) is 0 Å². The van der Waals surface area contributed by atoms with E-state index in [1.54, 1.807) is 30.5 Å². The monoisotopic (exact) mass is 350 g/mol. The Morgan fingerprint density at radius 1 is 1.04 bits per heavy atom. The van der Waals surface area contributed by atoms with Gasteiger partial charge in [0, 0.05) is 6.07 Å². The quantitative estimate of drug-likeness (QED) is 0.718. The smallest absolute Gasteiger partial charge is 0.228 e. The van der Waals surface area contributed by atoms with E-state index in [1.165, 1.54) is 12.1 Å². The first-order valence-corrected chi connectivity index (χ1v) is 8.26. The van der Waals surface area contributed by atoms with Gasteiger partial charge in [-0.1, -0.05) is 30.3 Å². The molecule has 1 N–H and O–H groups in total. The van der Waals surface area contributed by atoms with Crippen molar-refractivity contribution in [2.45, 2.75) is 20.3 Å². The molecule has 1 aromatic heterocycles. The highest BCUT2D eigenvalue weighted by molar-refractivity contribution is 5.92. The Hall–Kier alpha value is -3.21. The molecule has 0 atom stereocenters. The number of aryl methyl sites for hydroxylation is 2. The first kappa shape index (κ1) is 17.6. The normalized spacial score (nSPS) is 10.4. The van der Waals surface area contributed by atoms with Crippen molar-refractivity contribution in [1.29, 1.82) is 0 Å². The van der Waals surface area contributed by atoms with E-state index in [0.29, 0.717) is 11.6 Å². The molecule has 2 aromatic carbocycles. The van der Waals surface area contributed by atoms with Crippen LogP contribution in [0.2, 0.25) is 0 Å². The number of hydrogen-bond acceptors (Lipinski definition) is 3. The fourth-order valence-electron chi connectivity index (χ4n) is 2.57. The number of nitrogens with one attached hydrogen (secondary N) is 1. The minimum Gasteiger partial charge on any atom is -0.438 e. The predicted molar refractivity (Wildman–Crippen MR) is 99.0 cm³/mol. The lowest BCUT2D eigenvalue weighted by molar-refractivity contribution is -0.115. The van der Waals surface area contributed by atoms with Gasteiger partial charge in [-0.05, 0) is 48.7 Å². The predicted octanol–water partition coefficient (Wildman–Crippen LogP) is 4.81.